The molecule has 0 saturated heterocycles. The van der Waals surface area contributed by atoms with Crippen molar-refractivity contribution in [1.82, 2.24) is 0 Å². The van der Waals surface area contributed by atoms with Gasteiger partial charge >= 0.3 is 6.18 Å². The van der Waals surface area contributed by atoms with Gasteiger partial charge in [-0.25, -0.2) is 0 Å². The molecule has 1 N–H and O–H groups in total. The van der Waals surface area contributed by atoms with E-state index in [0.717, 1.165) is 24.8 Å². The monoisotopic (exact) mass is 296 g/mol. The van der Waals surface area contributed by atoms with Crippen LogP contribution < -0.4 is 0 Å². The van der Waals surface area contributed by atoms with Crippen molar-refractivity contribution in [3.8, 4) is 11.8 Å². The molecule has 1 fully saturated rings. The van der Waals surface area contributed by atoms with Crippen LogP contribution in [0.5, 0.6) is 0 Å². The smallest absolute Gasteiger partial charge is 0.369 e. The van der Waals surface area contributed by atoms with Gasteiger partial charge in [0.2, 0.25) is 5.60 Å². The van der Waals surface area contributed by atoms with Gasteiger partial charge in [0.1, 0.15) is 0 Å². The van der Waals surface area contributed by atoms with Crippen molar-refractivity contribution in [2.45, 2.75) is 50.8 Å². The Morgan fingerprint density at radius 2 is 1.81 bits per heavy atom. The highest BCUT2D eigenvalue weighted by Gasteiger charge is 2.61. The third-order valence-electron chi connectivity index (χ3n) is 3.77. The fraction of sp³-hybridized carbons (Fsp3) is 0.529. The van der Waals surface area contributed by atoms with Crippen molar-refractivity contribution >= 4 is 0 Å². The predicted molar refractivity (Wildman–Crippen MR) is 75.7 cm³/mol. The molecule has 1 atom stereocenters. The summed E-state index contributed by atoms with van der Waals surface area (Å²) in [5, 5.41) is 9.82. The van der Waals surface area contributed by atoms with Crippen LogP contribution in [-0.2, 0) is 6.42 Å². The molecule has 2 rings (SSSR count). The van der Waals surface area contributed by atoms with E-state index < -0.39 is 17.7 Å². The Hall–Kier alpha value is -1.47. The lowest BCUT2D eigenvalue weighted by Gasteiger charge is -2.24. The summed E-state index contributed by atoms with van der Waals surface area (Å²) in [5.74, 6) is 3.75. The molecule has 0 heterocycles. The summed E-state index contributed by atoms with van der Waals surface area (Å²) in [7, 11) is 0. The number of hydrogen-bond donors (Lipinski definition) is 1. The lowest BCUT2D eigenvalue weighted by atomic mass is 9.97. The van der Waals surface area contributed by atoms with Gasteiger partial charge in [-0.3, -0.25) is 0 Å². The molecule has 1 aromatic carbocycles. The molecule has 21 heavy (non-hydrogen) atoms. The van der Waals surface area contributed by atoms with Crippen LogP contribution in [0.2, 0.25) is 0 Å². The number of aliphatic hydroxyl groups is 1. The Bertz CT molecular complexity index is 532. The zero-order chi connectivity index (χ0) is 15.5. The number of hydrogen-bond acceptors (Lipinski definition) is 1. The van der Waals surface area contributed by atoms with Crippen molar-refractivity contribution in [3.63, 3.8) is 0 Å². The average molecular weight is 296 g/mol. The number of aryl methyl sites for hydroxylation is 1. The topological polar surface area (TPSA) is 20.2 Å². The Kier molecular flexibility index (Phi) is 4.63. The van der Waals surface area contributed by atoms with E-state index in [9.17, 15) is 18.3 Å². The Balaban J connectivity index is 2.13. The summed E-state index contributed by atoms with van der Waals surface area (Å²) >= 11 is 0. The normalized spacial score (nSPS) is 17.8. The van der Waals surface area contributed by atoms with Crippen molar-refractivity contribution < 1.29 is 18.3 Å². The van der Waals surface area contributed by atoms with Crippen LogP contribution in [-0.4, -0.2) is 16.9 Å². The van der Waals surface area contributed by atoms with Gasteiger partial charge in [-0.1, -0.05) is 37.3 Å². The molecular weight excluding hydrogens is 277 g/mol. The predicted octanol–water partition coefficient (Wildman–Crippen LogP) is 4.08. The molecule has 1 aliphatic carbocycles. The maximum Gasteiger partial charge on any atom is 0.428 e. The first-order valence-corrected chi connectivity index (χ1v) is 7.28. The van der Waals surface area contributed by atoms with E-state index in [1.807, 2.05) is 12.1 Å². The van der Waals surface area contributed by atoms with Gasteiger partial charge in [0.25, 0.3) is 0 Å². The number of rotatable bonds is 4. The molecule has 0 spiro atoms. The summed E-state index contributed by atoms with van der Waals surface area (Å²) < 4.78 is 38.8. The second-order valence-electron chi connectivity index (χ2n) is 5.59. The summed E-state index contributed by atoms with van der Waals surface area (Å²) in [4.78, 5) is 0. The Morgan fingerprint density at radius 1 is 1.19 bits per heavy atom. The summed E-state index contributed by atoms with van der Waals surface area (Å²) in [6.45, 7) is 2.11. The summed E-state index contributed by atoms with van der Waals surface area (Å²) in [6.07, 6.45) is -0.815. The molecule has 0 bridgehead atoms. The van der Waals surface area contributed by atoms with Gasteiger partial charge in [-0.2, -0.15) is 13.2 Å². The van der Waals surface area contributed by atoms with E-state index in [-0.39, 0.29) is 0 Å². The molecule has 0 radical (unpaired) electrons. The first kappa shape index (κ1) is 15.9. The third kappa shape index (κ3) is 3.79. The van der Waals surface area contributed by atoms with Gasteiger partial charge in [0.05, 0.1) is 0 Å². The largest absolute Gasteiger partial charge is 0.428 e. The van der Waals surface area contributed by atoms with Crippen LogP contribution in [0.15, 0.2) is 24.3 Å². The van der Waals surface area contributed by atoms with Crippen LogP contribution in [0.1, 0.15) is 43.7 Å². The maximum absolute atomic E-state index is 12.9. The highest BCUT2D eigenvalue weighted by molar-refractivity contribution is 5.39. The zero-order valence-electron chi connectivity index (χ0n) is 12.0. The molecule has 1 aliphatic rings. The highest BCUT2D eigenvalue weighted by Crippen LogP contribution is 2.47. The van der Waals surface area contributed by atoms with Crippen molar-refractivity contribution in [1.29, 1.82) is 0 Å². The molecule has 4 heteroatoms. The van der Waals surface area contributed by atoms with Gasteiger partial charge in [0, 0.05) is 11.5 Å². The molecule has 0 amide bonds. The standard InChI is InChI=1S/C17H19F3O/c1-2-3-4-13-5-7-14(8-6-13)11-12-16(21,15-9-10-15)17(18,19)20/h5-8,15,21H,2-4,9-10H2,1H3. The zero-order valence-corrected chi connectivity index (χ0v) is 12.0. The second-order valence-corrected chi connectivity index (χ2v) is 5.59. The SMILES string of the molecule is CCCCc1ccc(C#CC(O)(C2CC2)C(F)(F)F)cc1. The molecule has 1 nitrogen and oxygen atoms in total. The minimum Gasteiger partial charge on any atom is -0.369 e. The second kappa shape index (κ2) is 6.11. The van der Waals surface area contributed by atoms with Crippen LogP contribution in [0, 0.1) is 17.8 Å². The number of benzene rings is 1. The van der Waals surface area contributed by atoms with Crippen LogP contribution >= 0.6 is 0 Å². The molecule has 114 valence electrons. The van der Waals surface area contributed by atoms with Crippen LogP contribution in [0.4, 0.5) is 13.2 Å². The van der Waals surface area contributed by atoms with Crippen molar-refractivity contribution in [2.75, 3.05) is 0 Å². The molecule has 1 aromatic rings. The van der Waals surface area contributed by atoms with Gasteiger partial charge in [0.15, 0.2) is 0 Å². The number of unbranched alkanes of at least 4 members (excludes halogenated alkanes) is 1. The Labute approximate surface area is 123 Å². The van der Waals surface area contributed by atoms with Gasteiger partial charge in [-0.05, 0) is 43.4 Å². The van der Waals surface area contributed by atoms with Crippen molar-refractivity contribution in [3.05, 3.63) is 35.4 Å². The average Bonchev–Trinajstić information content (AvgIpc) is 3.27. The lowest BCUT2D eigenvalue weighted by Crippen LogP contribution is -2.46. The van der Waals surface area contributed by atoms with E-state index in [0.29, 0.717) is 18.4 Å². The Morgan fingerprint density at radius 3 is 2.29 bits per heavy atom. The summed E-state index contributed by atoms with van der Waals surface area (Å²) in [5.41, 5.74) is -1.22. The maximum atomic E-state index is 12.9. The summed E-state index contributed by atoms with van der Waals surface area (Å²) in [6, 6.07) is 7.18. The first-order chi connectivity index (χ1) is 9.87. The minimum absolute atomic E-state index is 0.376. The number of halogens is 3. The quantitative estimate of drug-likeness (QED) is 0.830. The van der Waals surface area contributed by atoms with Crippen LogP contribution in [0.25, 0.3) is 0 Å². The molecule has 1 unspecified atom stereocenters. The molecule has 1 saturated carbocycles. The first-order valence-electron chi connectivity index (χ1n) is 7.28. The number of alkyl halides is 3. The molecular formula is C17H19F3O. The minimum atomic E-state index is -4.71. The fourth-order valence-electron chi connectivity index (χ4n) is 2.21. The van der Waals surface area contributed by atoms with E-state index in [4.69, 9.17) is 0 Å². The lowest BCUT2D eigenvalue weighted by molar-refractivity contribution is -0.242. The van der Waals surface area contributed by atoms with Gasteiger partial charge < -0.3 is 5.11 Å². The molecule has 0 aromatic heterocycles. The van der Waals surface area contributed by atoms with E-state index in [2.05, 4.69) is 18.8 Å². The highest BCUT2D eigenvalue weighted by atomic mass is 19.4. The fourth-order valence-corrected chi connectivity index (χ4v) is 2.21. The van der Waals surface area contributed by atoms with E-state index in [1.54, 1.807) is 12.1 Å². The molecule has 0 aliphatic heterocycles. The van der Waals surface area contributed by atoms with Crippen molar-refractivity contribution in [2.24, 2.45) is 5.92 Å². The van der Waals surface area contributed by atoms with Gasteiger partial charge in [-0.15, -0.1) is 0 Å². The third-order valence-corrected chi connectivity index (χ3v) is 3.77. The van der Waals surface area contributed by atoms with E-state index >= 15 is 0 Å². The van der Waals surface area contributed by atoms with Crippen LogP contribution in [0.3, 0.4) is 0 Å². The van der Waals surface area contributed by atoms with E-state index in [1.165, 1.54) is 0 Å².